The minimum atomic E-state index is -0.342. The van der Waals surface area contributed by atoms with Crippen LogP contribution in [-0.4, -0.2) is 37.2 Å². The van der Waals surface area contributed by atoms with E-state index < -0.39 is 0 Å². The highest BCUT2D eigenvalue weighted by Gasteiger charge is 2.26. The maximum absolute atomic E-state index is 11.8. The number of aromatic nitrogens is 1. The minimum absolute atomic E-state index is 0.160. The van der Waals surface area contributed by atoms with Gasteiger partial charge in [-0.25, -0.2) is 9.78 Å². The summed E-state index contributed by atoms with van der Waals surface area (Å²) in [5.41, 5.74) is 6.52. The van der Waals surface area contributed by atoms with Gasteiger partial charge in [0.15, 0.2) is 0 Å². The molecule has 5 heteroatoms. The van der Waals surface area contributed by atoms with Crippen molar-refractivity contribution in [3.05, 3.63) is 23.9 Å². The summed E-state index contributed by atoms with van der Waals surface area (Å²) < 4.78 is 4.81. The molecule has 5 nitrogen and oxygen atoms in total. The van der Waals surface area contributed by atoms with Gasteiger partial charge in [-0.2, -0.15) is 0 Å². The van der Waals surface area contributed by atoms with Crippen molar-refractivity contribution in [1.29, 1.82) is 0 Å². The van der Waals surface area contributed by atoms with Gasteiger partial charge in [-0.1, -0.05) is 0 Å². The molecule has 0 radical (unpaired) electrons. The second kappa shape index (κ2) is 6.02. The molecule has 0 spiro atoms. The Morgan fingerprint density at radius 1 is 1.63 bits per heavy atom. The normalized spacial score (nSPS) is 21.0. The lowest BCUT2D eigenvalue weighted by atomic mass is 9.92. The van der Waals surface area contributed by atoms with Crippen LogP contribution in [0.3, 0.4) is 0 Å². The Morgan fingerprint density at radius 2 is 2.42 bits per heavy atom. The quantitative estimate of drug-likeness (QED) is 0.836. The molecule has 1 fully saturated rings. The number of nitrogens with two attached hydrogens (primary N) is 1. The Kier molecular flexibility index (Phi) is 4.37. The third kappa shape index (κ3) is 3.04. The van der Waals surface area contributed by atoms with Gasteiger partial charge < -0.3 is 15.4 Å². The van der Waals surface area contributed by atoms with Crippen molar-refractivity contribution >= 4 is 11.8 Å². The molecule has 0 amide bonds. The van der Waals surface area contributed by atoms with Crippen LogP contribution in [0, 0.1) is 5.92 Å². The largest absolute Gasteiger partial charge is 0.465 e. The fourth-order valence-electron chi connectivity index (χ4n) is 2.55. The summed E-state index contributed by atoms with van der Waals surface area (Å²) in [5, 5.41) is 0. The monoisotopic (exact) mass is 263 g/mol. The van der Waals surface area contributed by atoms with E-state index in [4.69, 9.17) is 10.5 Å². The molecule has 2 N–H and O–H groups in total. The molecule has 0 bridgehead atoms. The number of carbonyl (C=O) groups is 1. The van der Waals surface area contributed by atoms with E-state index in [1.165, 1.54) is 7.11 Å². The van der Waals surface area contributed by atoms with Crippen LogP contribution in [0.4, 0.5) is 5.82 Å². The number of hydrogen-bond acceptors (Lipinski definition) is 5. The number of anilines is 1. The lowest BCUT2D eigenvalue weighted by Crippen LogP contribution is -2.43. The van der Waals surface area contributed by atoms with Crippen LogP contribution in [0.25, 0.3) is 0 Å². The fourth-order valence-corrected chi connectivity index (χ4v) is 2.55. The lowest BCUT2D eigenvalue weighted by molar-refractivity contribution is 0.0601. The van der Waals surface area contributed by atoms with E-state index in [0.29, 0.717) is 17.3 Å². The molecule has 0 aromatic carbocycles. The van der Waals surface area contributed by atoms with Crippen LogP contribution in [0.2, 0.25) is 0 Å². The van der Waals surface area contributed by atoms with Gasteiger partial charge in [0, 0.05) is 25.3 Å². The number of piperidine rings is 1. The lowest BCUT2D eigenvalue weighted by Gasteiger charge is -2.35. The van der Waals surface area contributed by atoms with E-state index in [1.807, 2.05) is 6.92 Å². The molecule has 2 rings (SSSR count). The van der Waals surface area contributed by atoms with Crippen LogP contribution >= 0.6 is 0 Å². The molecule has 1 aliphatic rings. The molecule has 104 valence electrons. The third-order valence-corrected chi connectivity index (χ3v) is 3.69. The summed E-state index contributed by atoms with van der Waals surface area (Å²) in [7, 11) is 1.39. The van der Waals surface area contributed by atoms with Gasteiger partial charge in [-0.3, -0.25) is 0 Å². The van der Waals surface area contributed by atoms with Crippen LogP contribution < -0.4 is 10.6 Å². The molecular weight excluding hydrogens is 242 g/mol. The van der Waals surface area contributed by atoms with E-state index in [0.717, 1.165) is 25.9 Å². The van der Waals surface area contributed by atoms with Gasteiger partial charge in [0.25, 0.3) is 0 Å². The molecule has 0 aliphatic carbocycles. The first-order valence-electron chi connectivity index (χ1n) is 6.67. The first-order chi connectivity index (χ1) is 9.13. The zero-order valence-electron chi connectivity index (χ0n) is 11.5. The predicted octanol–water partition coefficient (Wildman–Crippen LogP) is 1.43. The number of rotatable bonds is 3. The van der Waals surface area contributed by atoms with Crippen molar-refractivity contribution in [1.82, 2.24) is 4.98 Å². The molecule has 1 aromatic heterocycles. The standard InChI is InChI=1S/C14H21N3O2/c1-10(15)11-5-4-8-17(9-11)13-12(14(18)19-2)6-3-7-16-13/h3,6-7,10-11H,4-5,8-9,15H2,1-2H3. The number of ether oxygens (including phenoxy) is 1. The topological polar surface area (TPSA) is 68.5 Å². The maximum atomic E-state index is 11.8. The number of nitrogens with zero attached hydrogens (tertiary/aromatic N) is 2. The number of carbonyl (C=O) groups excluding carboxylic acids is 1. The summed E-state index contributed by atoms with van der Waals surface area (Å²) in [5.74, 6) is 0.812. The van der Waals surface area contributed by atoms with E-state index >= 15 is 0 Å². The summed E-state index contributed by atoms with van der Waals surface area (Å²) in [6.45, 7) is 3.79. The molecule has 2 heterocycles. The molecule has 19 heavy (non-hydrogen) atoms. The second-order valence-electron chi connectivity index (χ2n) is 5.07. The summed E-state index contributed by atoms with van der Waals surface area (Å²) in [6.07, 6.45) is 3.91. The molecule has 0 saturated carbocycles. The Hall–Kier alpha value is -1.62. The van der Waals surface area contributed by atoms with Gasteiger partial charge in [-0.15, -0.1) is 0 Å². The van der Waals surface area contributed by atoms with Gasteiger partial charge in [0.2, 0.25) is 0 Å². The average Bonchev–Trinajstić information content (AvgIpc) is 2.46. The smallest absolute Gasteiger partial charge is 0.341 e. The highest BCUT2D eigenvalue weighted by Crippen LogP contribution is 2.25. The molecule has 1 aliphatic heterocycles. The van der Waals surface area contributed by atoms with Crippen LogP contribution in [0.5, 0.6) is 0 Å². The Morgan fingerprint density at radius 3 is 3.11 bits per heavy atom. The number of esters is 1. The highest BCUT2D eigenvalue weighted by atomic mass is 16.5. The average molecular weight is 263 g/mol. The van der Waals surface area contributed by atoms with E-state index in [9.17, 15) is 4.79 Å². The minimum Gasteiger partial charge on any atom is -0.465 e. The van der Waals surface area contributed by atoms with Gasteiger partial charge in [0.05, 0.1) is 7.11 Å². The second-order valence-corrected chi connectivity index (χ2v) is 5.07. The highest BCUT2D eigenvalue weighted by molar-refractivity contribution is 5.94. The van der Waals surface area contributed by atoms with Crippen molar-refractivity contribution in [3.8, 4) is 0 Å². The Bertz CT molecular complexity index is 448. The zero-order chi connectivity index (χ0) is 13.8. The van der Waals surface area contributed by atoms with Crippen molar-refractivity contribution in [2.45, 2.75) is 25.8 Å². The molecule has 2 atom stereocenters. The van der Waals surface area contributed by atoms with Crippen LogP contribution in [-0.2, 0) is 4.74 Å². The summed E-state index contributed by atoms with van der Waals surface area (Å²) >= 11 is 0. The Labute approximate surface area is 113 Å². The molecule has 1 aromatic rings. The van der Waals surface area contributed by atoms with Gasteiger partial charge in [0.1, 0.15) is 11.4 Å². The van der Waals surface area contributed by atoms with Gasteiger partial charge >= 0.3 is 5.97 Å². The first-order valence-corrected chi connectivity index (χ1v) is 6.67. The SMILES string of the molecule is COC(=O)c1cccnc1N1CCCC(C(C)N)C1. The predicted molar refractivity (Wildman–Crippen MR) is 74.2 cm³/mol. The van der Waals surface area contributed by atoms with Crippen molar-refractivity contribution in [2.24, 2.45) is 11.7 Å². The van der Waals surface area contributed by atoms with Crippen molar-refractivity contribution < 1.29 is 9.53 Å². The summed E-state index contributed by atoms with van der Waals surface area (Å²) in [6, 6.07) is 3.67. The number of hydrogen-bond donors (Lipinski definition) is 1. The molecule has 2 unspecified atom stereocenters. The maximum Gasteiger partial charge on any atom is 0.341 e. The first kappa shape index (κ1) is 13.8. The van der Waals surface area contributed by atoms with Gasteiger partial charge in [-0.05, 0) is 37.8 Å². The van der Waals surface area contributed by atoms with Crippen molar-refractivity contribution in [3.63, 3.8) is 0 Å². The van der Waals surface area contributed by atoms with E-state index in [-0.39, 0.29) is 12.0 Å². The Balaban J connectivity index is 2.24. The third-order valence-electron chi connectivity index (χ3n) is 3.69. The van der Waals surface area contributed by atoms with Crippen molar-refractivity contribution in [2.75, 3.05) is 25.1 Å². The molecular formula is C14H21N3O2. The zero-order valence-corrected chi connectivity index (χ0v) is 11.5. The van der Waals surface area contributed by atoms with E-state index in [1.54, 1.807) is 18.3 Å². The number of methoxy groups -OCH3 is 1. The molecule has 1 saturated heterocycles. The van der Waals surface area contributed by atoms with E-state index in [2.05, 4.69) is 9.88 Å². The summed E-state index contributed by atoms with van der Waals surface area (Å²) in [4.78, 5) is 18.3. The number of pyridine rings is 1. The van der Waals surface area contributed by atoms with Crippen LogP contribution in [0.1, 0.15) is 30.1 Å². The fraction of sp³-hybridized carbons (Fsp3) is 0.571. The van der Waals surface area contributed by atoms with Crippen LogP contribution in [0.15, 0.2) is 18.3 Å².